The fourth-order valence-electron chi connectivity index (χ4n) is 1.88. The molecule has 4 N–H and O–H groups in total. The standard InChI is InChI=1S/C15H12ClFN6/c16-11-7-10(1-2-12(11)17)23-15-13(18)14(20-8-21-15)22-9-3-5-19-6-4-9/h1-8H,18H2,(H2,19,20,21,22,23). The number of rotatable bonds is 4. The van der Waals surface area contributed by atoms with Crippen LogP contribution in [-0.2, 0) is 0 Å². The summed E-state index contributed by atoms with van der Waals surface area (Å²) < 4.78 is 13.2. The average molecular weight is 331 g/mol. The van der Waals surface area contributed by atoms with Gasteiger partial charge in [-0.2, -0.15) is 0 Å². The molecule has 1 aromatic carbocycles. The Bertz CT molecular complexity index is 827. The Kier molecular flexibility index (Phi) is 4.20. The minimum Gasteiger partial charge on any atom is -0.393 e. The quantitative estimate of drug-likeness (QED) is 0.675. The zero-order chi connectivity index (χ0) is 16.2. The highest BCUT2D eigenvalue weighted by Crippen LogP contribution is 2.29. The van der Waals surface area contributed by atoms with Gasteiger partial charge in [0, 0.05) is 23.8 Å². The summed E-state index contributed by atoms with van der Waals surface area (Å²) in [5, 5.41) is 6.08. The molecule has 0 bridgehead atoms. The number of hydrogen-bond acceptors (Lipinski definition) is 6. The summed E-state index contributed by atoms with van der Waals surface area (Å²) in [4.78, 5) is 12.1. The first kappa shape index (κ1) is 15.0. The number of nitrogens with zero attached hydrogens (tertiary/aromatic N) is 3. The van der Waals surface area contributed by atoms with E-state index in [1.807, 2.05) is 0 Å². The van der Waals surface area contributed by atoms with Crippen LogP contribution >= 0.6 is 11.6 Å². The number of anilines is 5. The fourth-order valence-corrected chi connectivity index (χ4v) is 2.06. The zero-order valence-electron chi connectivity index (χ0n) is 11.8. The van der Waals surface area contributed by atoms with Gasteiger partial charge in [-0.15, -0.1) is 0 Å². The monoisotopic (exact) mass is 330 g/mol. The number of nitrogens with two attached hydrogens (primary N) is 1. The van der Waals surface area contributed by atoms with E-state index in [2.05, 4.69) is 25.6 Å². The molecule has 116 valence electrons. The number of benzene rings is 1. The largest absolute Gasteiger partial charge is 0.393 e. The number of nitrogen functional groups attached to an aromatic ring is 1. The lowest BCUT2D eigenvalue weighted by Crippen LogP contribution is -2.05. The van der Waals surface area contributed by atoms with Gasteiger partial charge in [-0.05, 0) is 30.3 Å². The van der Waals surface area contributed by atoms with E-state index in [9.17, 15) is 4.39 Å². The third kappa shape index (κ3) is 3.46. The summed E-state index contributed by atoms with van der Waals surface area (Å²) in [6.07, 6.45) is 4.67. The summed E-state index contributed by atoms with van der Waals surface area (Å²) in [6, 6.07) is 7.83. The van der Waals surface area contributed by atoms with E-state index < -0.39 is 5.82 Å². The summed E-state index contributed by atoms with van der Waals surface area (Å²) in [5.41, 5.74) is 7.76. The lowest BCUT2D eigenvalue weighted by molar-refractivity contribution is 0.628. The van der Waals surface area contributed by atoms with Crippen molar-refractivity contribution in [3.8, 4) is 0 Å². The highest BCUT2D eigenvalue weighted by molar-refractivity contribution is 6.31. The molecule has 0 aliphatic heterocycles. The van der Waals surface area contributed by atoms with Crippen molar-refractivity contribution < 1.29 is 4.39 Å². The number of hydrogen-bond donors (Lipinski definition) is 3. The molecule has 6 nitrogen and oxygen atoms in total. The van der Waals surface area contributed by atoms with Crippen molar-refractivity contribution >= 4 is 40.3 Å². The molecule has 2 heterocycles. The van der Waals surface area contributed by atoms with Crippen LogP contribution < -0.4 is 16.4 Å². The molecule has 3 aromatic rings. The van der Waals surface area contributed by atoms with E-state index in [1.165, 1.54) is 18.5 Å². The zero-order valence-corrected chi connectivity index (χ0v) is 12.5. The molecule has 2 aromatic heterocycles. The van der Waals surface area contributed by atoms with Gasteiger partial charge in [-0.3, -0.25) is 4.98 Å². The van der Waals surface area contributed by atoms with Crippen LogP contribution in [-0.4, -0.2) is 15.0 Å². The Labute approximate surface area is 136 Å². The molecule has 0 saturated heterocycles. The van der Waals surface area contributed by atoms with Crippen LogP contribution in [0.5, 0.6) is 0 Å². The van der Waals surface area contributed by atoms with Crippen molar-refractivity contribution in [1.82, 2.24) is 15.0 Å². The number of nitrogens with one attached hydrogen (secondary N) is 2. The van der Waals surface area contributed by atoms with Gasteiger partial charge in [0.2, 0.25) is 0 Å². The van der Waals surface area contributed by atoms with Gasteiger partial charge in [0.25, 0.3) is 0 Å². The van der Waals surface area contributed by atoms with Crippen molar-refractivity contribution in [2.45, 2.75) is 0 Å². The summed E-state index contributed by atoms with van der Waals surface area (Å²) in [5.74, 6) is 0.342. The topological polar surface area (TPSA) is 88.8 Å². The molecule has 3 rings (SSSR count). The molecule has 0 aliphatic rings. The molecule has 0 aliphatic carbocycles. The van der Waals surface area contributed by atoms with Crippen LogP contribution in [0, 0.1) is 5.82 Å². The molecular formula is C15H12ClFN6. The Morgan fingerprint density at radius 3 is 2.26 bits per heavy atom. The minimum absolute atomic E-state index is 0.0118. The van der Waals surface area contributed by atoms with E-state index in [0.717, 1.165) is 5.69 Å². The number of halogens is 2. The molecule has 0 fully saturated rings. The maximum Gasteiger partial charge on any atom is 0.159 e. The van der Waals surface area contributed by atoms with Gasteiger partial charge < -0.3 is 16.4 Å². The minimum atomic E-state index is -0.493. The molecular weight excluding hydrogens is 319 g/mol. The Balaban J connectivity index is 1.86. The van der Waals surface area contributed by atoms with E-state index >= 15 is 0 Å². The maximum absolute atomic E-state index is 13.2. The summed E-state index contributed by atoms with van der Waals surface area (Å²) >= 11 is 5.76. The highest BCUT2D eigenvalue weighted by atomic mass is 35.5. The molecule has 0 atom stereocenters. The molecule has 0 unspecified atom stereocenters. The van der Waals surface area contributed by atoms with Crippen molar-refractivity contribution in [1.29, 1.82) is 0 Å². The lowest BCUT2D eigenvalue weighted by atomic mass is 10.3. The summed E-state index contributed by atoms with van der Waals surface area (Å²) in [6.45, 7) is 0. The first-order valence-electron chi connectivity index (χ1n) is 6.63. The average Bonchev–Trinajstić information content (AvgIpc) is 2.56. The predicted molar refractivity (Wildman–Crippen MR) is 88.7 cm³/mol. The van der Waals surface area contributed by atoms with E-state index in [4.69, 9.17) is 17.3 Å². The molecule has 0 spiro atoms. The van der Waals surface area contributed by atoms with Crippen molar-refractivity contribution in [2.75, 3.05) is 16.4 Å². The van der Waals surface area contributed by atoms with Crippen molar-refractivity contribution in [3.05, 3.63) is 59.9 Å². The van der Waals surface area contributed by atoms with Gasteiger partial charge in [0.15, 0.2) is 11.6 Å². The number of pyridine rings is 1. The fraction of sp³-hybridized carbons (Fsp3) is 0. The van der Waals surface area contributed by atoms with Crippen molar-refractivity contribution in [2.24, 2.45) is 0 Å². The molecule has 0 radical (unpaired) electrons. The van der Waals surface area contributed by atoms with Crippen LogP contribution in [0.1, 0.15) is 0 Å². The Morgan fingerprint density at radius 1 is 0.957 bits per heavy atom. The van der Waals surface area contributed by atoms with Gasteiger partial charge in [0.05, 0.1) is 5.02 Å². The first-order chi connectivity index (χ1) is 11.1. The predicted octanol–water partition coefficient (Wildman–Crippen LogP) is 3.73. The lowest BCUT2D eigenvalue weighted by Gasteiger charge is -2.12. The highest BCUT2D eigenvalue weighted by Gasteiger charge is 2.09. The van der Waals surface area contributed by atoms with Crippen LogP contribution in [0.2, 0.25) is 5.02 Å². The van der Waals surface area contributed by atoms with Gasteiger partial charge in [-0.1, -0.05) is 11.6 Å². The molecule has 0 saturated carbocycles. The first-order valence-corrected chi connectivity index (χ1v) is 7.01. The van der Waals surface area contributed by atoms with Crippen molar-refractivity contribution in [3.63, 3.8) is 0 Å². The maximum atomic E-state index is 13.2. The van der Waals surface area contributed by atoms with Gasteiger partial charge in [0.1, 0.15) is 17.8 Å². The van der Waals surface area contributed by atoms with Crippen LogP contribution in [0.3, 0.4) is 0 Å². The SMILES string of the molecule is Nc1c(Nc2ccncc2)ncnc1Nc1ccc(F)c(Cl)c1. The number of aromatic nitrogens is 3. The van der Waals surface area contributed by atoms with Crippen LogP contribution in [0.25, 0.3) is 0 Å². The second kappa shape index (κ2) is 6.45. The normalized spacial score (nSPS) is 10.3. The van der Waals surface area contributed by atoms with E-state index in [-0.39, 0.29) is 5.02 Å². The van der Waals surface area contributed by atoms with Crippen LogP contribution in [0.4, 0.5) is 33.1 Å². The van der Waals surface area contributed by atoms with Crippen LogP contribution in [0.15, 0.2) is 49.1 Å². The second-order valence-electron chi connectivity index (χ2n) is 4.60. The van der Waals surface area contributed by atoms with E-state index in [1.54, 1.807) is 30.6 Å². The summed E-state index contributed by atoms with van der Waals surface area (Å²) in [7, 11) is 0. The van der Waals surface area contributed by atoms with E-state index in [0.29, 0.717) is 23.0 Å². The van der Waals surface area contributed by atoms with Gasteiger partial charge in [-0.25, -0.2) is 14.4 Å². The smallest absolute Gasteiger partial charge is 0.159 e. The van der Waals surface area contributed by atoms with Gasteiger partial charge >= 0.3 is 0 Å². The Morgan fingerprint density at radius 2 is 1.61 bits per heavy atom. The third-order valence-electron chi connectivity index (χ3n) is 3.01. The second-order valence-corrected chi connectivity index (χ2v) is 5.01. The third-order valence-corrected chi connectivity index (χ3v) is 3.30. The molecule has 0 amide bonds. The Hall–Kier alpha value is -2.93. The molecule has 8 heteroatoms. The molecule has 23 heavy (non-hydrogen) atoms.